The molecule has 0 aliphatic heterocycles. The minimum Gasteiger partial charge on any atom is -0.480 e. The van der Waals surface area contributed by atoms with Crippen molar-refractivity contribution in [1.82, 2.24) is 16.0 Å². The second-order valence-electron chi connectivity index (χ2n) is 3.97. The third kappa shape index (κ3) is 6.91. The van der Waals surface area contributed by atoms with Crippen LogP contribution >= 0.6 is 0 Å². The van der Waals surface area contributed by atoms with Crippen molar-refractivity contribution < 1.29 is 14.7 Å². The first-order valence-electron chi connectivity index (χ1n) is 5.88. The molecule has 0 fully saturated rings. The fourth-order valence-electron chi connectivity index (χ4n) is 1.46. The first-order chi connectivity index (χ1) is 8.02. The van der Waals surface area contributed by atoms with Gasteiger partial charge in [0.25, 0.3) is 0 Å². The summed E-state index contributed by atoms with van der Waals surface area (Å²) >= 11 is 0. The van der Waals surface area contributed by atoms with Crippen molar-refractivity contribution in [3.05, 3.63) is 0 Å². The largest absolute Gasteiger partial charge is 0.480 e. The van der Waals surface area contributed by atoms with Gasteiger partial charge in [-0.25, -0.2) is 0 Å². The summed E-state index contributed by atoms with van der Waals surface area (Å²) in [6, 6.07) is -0.689. The molecule has 0 saturated carbocycles. The highest BCUT2D eigenvalue weighted by molar-refractivity contribution is 5.81. The molecule has 1 unspecified atom stereocenters. The maximum absolute atomic E-state index is 11.3. The molecule has 1 amide bonds. The predicted octanol–water partition coefficient (Wildman–Crippen LogP) is -0.447. The molecule has 17 heavy (non-hydrogen) atoms. The summed E-state index contributed by atoms with van der Waals surface area (Å²) in [6.45, 7) is 2.26. The van der Waals surface area contributed by atoms with Gasteiger partial charge in [-0.2, -0.15) is 0 Å². The molecule has 0 radical (unpaired) electrons. The Morgan fingerprint density at radius 3 is 2.35 bits per heavy atom. The summed E-state index contributed by atoms with van der Waals surface area (Å²) in [6.07, 6.45) is 2.48. The molecule has 0 aromatic heterocycles. The van der Waals surface area contributed by atoms with E-state index in [1.54, 1.807) is 21.0 Å². The van der Waals surface area contributed by atoms with Crippen molar-refractivity contribution in [1.29, 1.82) is 0 Å². The van der Waals surface area contributed by atoms with Crippen molar-refractivity contribution in [3.63, 3.8) is 0 Å². The Labute approximate surface area is 102 Å². The molecule has 0 spiro atoms. The van der Waals surface area contributed by atoms with Crippen LogP contribution in [0.15, 0.2) is 0 Å². The van der Waals surface area contributed by atoms with E-state index in [1.165, 1.54) is 0 Å². The van der Waals surface area contributed by atoms with E-state index in [2.05, 4.69) is 16.0 Å². The lowest BCUT2D eigenvalue weighted by atomic mass is 10.1. The Kier molecular flexibility index (Phi) is 8.35. The molecule has 4 N–H and O–H groups in total. The fourth-order valence-corrected chi connectivity index (χ4v) is 1.46. The quantitative estimate of drug-likeness (QED) is 0.413. The van der Waals surface area contributed by atoms with E-state index in [0.717, 1.165) is 19.3 Å². The number of nitrogens with one attached hydrogen (secondary N) is 3. The van der Waals surface area contributed by atoms with Crippen LogP contribution in [0.1, 0.15) is 26.2 Å². The van der Waals surface area contributed by atoms with Crippen molar-refractivity contribution in [2.45, 2.75) is 38.3 Å². The number of carbonyl (C=O) groups excluding carboxylic acids is 1. The number of aliphatic carboxylic acids is 1. The van der Waals surface area contributed by atoms with E-state index in [4.69, 9.17) is 5.11 Å². The highest BCUT2D eigenvalue weighted by Crippen LogP contribution is 2.00. The maximum atomic E-state index is 11.3. The van der Waals surface area contributed by atoms with Crippen LogP contribution in [0.25, 0.3) is 0 Å². The first kappa shape index (κ1) is 15.9. The monoisotopic (exact) mass is 245 g/mol. The Morgan fingerprint density at radius 1 is 1.24 bits per heavy atom. The fraction of sp³-hybridized carbons (Fsp3) is 0.818. The number of carbonyl (C=O) groups is 2. The lowest BCUT2D eigenvalue weighted by Crippen LogP contribution is -2.41. The number of rotatable bonds is 9. The third-order valence-corrected chi connectivity index (χ3v) is 2.65. The zero-order valence-electron chi connectivity index (χ0n) is 10.7. The van der Waals surface area contributed by atoms with Crippen LogP contribution in [-0.2, 0) is 9.59 Å². The average Bonchev–Trinajstić information content (AvgIpc) is 2.32. The number of likely N-dealkylation sites (N-methyl/N-ethyl adjacent to an activating group) is 2. The zero-order valence-corrected chi connectivity index (χ0v) is 10.7. The van der Waals surface area contributed by atoms with E-state index < -0.39 is 12.0 Å². The van der Waals surface area contributed by atoms with Crippen LogP contribution in [0.3, 0.4) is 0 Å². The molecule has 0 aliphatic carbocycles. The van der Waals surface area contributed by atoms with Crippen LogP contribution in [0.5, 0.6) is 0 Å². The summed E-state index contributed by atoms with van der Waals surface area (Å²) in [5, 5.41) is 17.1. The summed E-state index contributed by atoms with van der Waals surface area (Å²) in [5.74, 6) is -0.858. The second-order valence-corrected chi connectivity index (χ2v) is 3.97. The number of carboxylic acids is 1. The first-order valence-corrected chi connectivity index (χ1v) is 5.88. The van der Waals surface area contributed by atoms with Gasteiger partial charge in [0, 0.05) is 7.05 Å². The minimum atomic E-state index is -0.844. The van der Waals surface area contributed by atoms with Gasteiger partial charge in [0.2, 0.25) is 5.91 Å². The topological polar surface area (TPSA) is 90.5 Å². The summed E-state index contributed by atoms with van der Waals surface area (Å²) in [4.78, 5) is 21.9. The summed E-state index contributed by atoms with van der Waals surface area (Å²) in [7, 11) is 3.37. The van der Waals surface area contributed by atoms with Gasteiger partial charge in [0.05, 0.1) is 6.04 Å². The Bertz CT molecular complexity index is 246. The molecular weight excluding hydrogens is 222 g/mol. The van der Waals surface area contributed by atoms with Crippen LogP contribution in [0, 0.1) is 0 Å². The highest BCUT2D eigenvalue weighted by Gasteiger charge is 2.14. The Morgan fingerprint density at radius 2 is 1.88 bits per heavy atom. The normalized spacial score (nSPS) is 14.1. The van der Waals surface area contributed by atoms with Crippen LogP contribution in [-0.4, -0.2) is 49.7 Å². The summed E-state index contributed by atoms with van der Waals surface area (Å²) in [5.41, 5.74) is 0. The third-order valence-electron chi connectivity index (χ3n) is 2.65. The van der Waals surface area contributed by atoms with Crippen molar-refractivity contribution in [2.75, 3.05) is 20.6 Å². The summed E-state index contributed by atoms with van der Waals surface area (Å²) < 4.78 is 0. The average molecular weight is 245 g/mol. The lowest BCUT2D eigenvalue weighted by molar-refractivity contribution is -0.139. The molecule has 0 saturated heterocycles. The number of unbranched alkanes of at least 4 members (excludes halogenated alkanes) is 1. The van der Waals surface area contributed by atoms with E-state index in [9.17, 15) is 9.59 Å². The number of hydrogen-bond acceptors (Lipinski definition) is 4. The van der Waals surface area contributed by atoms with Gasteiger partial charge in [-0.1, -0.05) is 6.42 Å². The van der Waals surface area contributed by atoms with Crippen molar-refractivity contribution in [2.24, 2.45) is 0 Å². The molecule has 0 aromatic carbocycles. The molecule has 0 heterocycles. The van der Waals surface area contributed by atoms with Crippen LogP contribution < -0.4 is 16.0 Å². The minimum absolute atomic E-state index is 0.0145. The predicted molar refractivity (Wildman–Crippen MR) is 65.9 cm³/mol. The number of carboxylic acid groups (broad SMARTS) is 1. The number of amides is 1. The van der Waals surface area contributed by atoms with E-state index in [1.807, 2.05) is 0 Å². The second kappa shape index (κ2) is 8.95. The molecule has 0 bridgehead atoms. The van der Waals surface area contributed by atoms with Crippen molar-refractivity contribution >= 4 is 11.9 Å². The molecule has 6 heteroatoms. The van der Waals surface area contributed by atoms with Gasteiger partial charge >= 0.3 is 5.97 Å². The Hall–Kier alpha value is -1.14. The van der Waals surface area contributed by atoms with Crippen LogP contribution in [0.2, 0.25) is 0 Å². The standard InChI is InChI=1S/C11H23N3O3/c1-8(11(16)17)14-7-5-4-6-9(12-2)10(15)13-3/h8-9,12,14H,4-7H2,1-3H3,(H,13,15)(H,16,17)/t8?,9-/m0/s1. The maximum Gasteiger partial charge on any atom is 0.320 e. The molecular formula is C11H23N3O3. The number of hydrogen-bond donors (Lipinski definition) is 4. The van der Waals surface area contributed by atoms with Crippen LogP contribution in [0.4, 0.5) is 0 Å². The van der Waals surface area contributed by atoms with E-state index in [0.29, 0.717) is 6.54 Å². The SMILES string of the molecule is CNC(=O)[C@H](CCCCNC(C)C(=O)O)NC. The van der Waals surface area contributed by atoms with Gasteiger partial charge in [0.15, 0.2) is 0 Å². The van der Waals surface area contributed by atoms with E-state index in [-0.39, 0.29) is 11.9 Å². The van der Waals surface area contributed by atoms with Gasteiger partial charge in [-0.3, -0.25) is 9.59 Å². The molecule has 6 nitrogen and oxygen atoms in total. The zero-order chi connectivity index (χ0) is 13.3. The van der Waals surface area contributed by atoms with Gasteiger partial charge in [0.1, 0.15) is 6.04 Å². The highest BCUT2D eigenvalue weighted by atomic mass is 16.4. The Balaban J connectivity index is 3.62. The molecule has 0 aliphatic rings. The molecule has 2 atom stereocenters. The molecule has 0 aromatic rings. The van der Waals surface area contributed by atoms with Gasteiger partial charge in [-0.15, -0.1) is 0 Å². The van der Waals surface area contributed by atoms with Gasteiger partial charge in [-0.05, 0) is 33.4 Å². The molecule has 100 valence electrons. The van der Waals surface area contributed by atoms with Crippen molar-refractivity contribution in [3.8, 4) is 0 Å². The smallest absolute Gasteiger partial charge is 0.320 e. The van der Waals surface area contributed by atoms with Gasteiger partial charge < -0.3 is 21.1 Å². The van der Waals surface area contributed by atoms with E-state index >= 15 is 0 Å². The lowest BCUT2D eigenvalue weighted by Gasteiger charge is -2.14. The molecule has 0 rings (SSSR count).